The van der Waals surface area contributed by atoms with Crippen LogP contribution in [-0.4, -0.2) is 31.1 Å². The standard InChI is InChI=1S/C19H20BrN3/c20-19-5-2-1-4-17(19)15-22-10-3-11-23(13-12-22)18-8-6-16(14-21)7-9-18/h1-2,4-9H,3,10-13,15H2. The van der Waals surface area contributed by atoms with Crippen LogP contribution in [-0.2, 0) is 6.54 Å². The molecule has 0 bridgehead atoms. The molecule has 4 heteroatoms. The highest BCUT2D eigenvalue weighted by atomic mass is 79.9. The smallest absolute Gasteiger partial charge is 0.0991 e. The van der Waals surface area contributed by atoms with Crippen molar-refractivity contribution in [2.45, 2.75) is 13.0 Å². The van der Waals surface area contributed by atoms with E-state index in [-0.39, 0.29) is 0 Å². The van der Waals surface area contributed by atoms with Crippen LogP contribution < -0.4 is 4.90 Å². The lowest BCUT2D eigenvalue weighted by Crippen LogP contribution is -2.30. The Morgan fingerprint density at radius 1 is 0.957 bits per heavy atom. The van der Waals surface area contributed by atoms with E-state index >= 15 is 0 Å². The minimum absolute atomic E-state index is 0.721. The highest BCUT2D eigenvalue weighted by Gasteiger charge is 2.16. The van der Waals surface area contributed by atoms with Crippen molar-refractivity contribution in [1.82, 2.24) is 4.90 Å². The number of hydrogen-bond donors (Lipinski definition) is 0. The molecule has 0 spiro atoms. The van der Waals surface area contributed by atoms with Crippen LogP contribution in [0.5, 0.6) is 0 Å². The summed E-state index contributed by atoms with van der Waals surface area (Å²) in [6, 6.07) is 18.5. The van der Waals surface area contributed by atoms with E-state index < -0.39 is 0 Å². The van der Waals surface area contributed by atoms with Gasteiger partial charge in [0.05, 0.1) is 11.6 Å². The lowest BCUT2D eigenvalue weighted by Gasteiger charge is -2.24. The molecule has 0 aromatic heterocycles. The molecule has 0 atom stereocenters. The Balaban J connectivity index is 1.63. The molecule has 1 saturated heterocycles. The monoisotopic (exact) mass is 369 g/mol. The van der Waals surface area contributed by atoms with Crippen molar-refractivity contribution in [2.24, 2.45) is 0 Å². The Labute approximate surface area is 146 Å². The van der Waals surface area contributed by atoms with E-state index in [0.29, 0.717) is 0 Å². The maximum Gasteiger partial charge on any atom is 0.0991 e. The molecule has 0 N–H and O–H groups in total. The van der Waals surface area contributed by atoms with Gasteiger partial charge in [0.1, 0.15) is 0 Å². The second kappa shape index (κ2) is 7.63. The zero-order chi connectivity index (χ0) is 16.1. The van der Waals surface area contributed by atoms with E-state index in [1.165, 1.54) is 15.7 Å². The summed E-state index contributed by atoms with van der Waals surface area (Å²) in [6.45, 7) is 5.26. The summed E-state index contributed by atoms with van der Waals surface area (Å²) < 4.78 is 1.19. The fraction of sp³-hybridized carbons (Fsp3) is 0.316. The average Bonchev–Trinajstić information content (AvgIpc) is 2.83. The first-order valence-corrected chi connectivity index (χ1v) is 8.76. The Morgan fingerprint density at radius 2 is 1.74 bits per heavy atom. The molecule has 1 aliphatic rings. The van der Waals surface area contributed by atoms with E-state index in [1.54, 1.807) is 0 Å². The van der Waals surface area contributed by atoms with Gasteiger partial charge in [-0.1, -0.05) is 34.1 Å². The highest BCUT2D eigenvalue weighted by molar-refractivity contribution is 9.10. The predicted octanol–water partition coefficient (Wildman–Crippen LogP) is 4.03. The van der Waals surface area contributed by atoms with Gasteiger partial charge in [-0.15, -0.1) is 0 Å². The minimum atomic E-state index is 0.721. The zero-order valence-electron chi connectivity index (χ0n) is 13.1. The second-order valence-corrected chi connectivity index (χ2v) is 6.72. The summed E-state index contributed by atoms with van der Waals surface area (Å²) >= 11 is 3.64. The number of nitriles is 1. The van der Waals surface area contributed by atoms with Gasteiger partial charge in [-0.2, -0.15) is 5.26 Å². The topological polar surface area (TPSA) is 30.3 Å². The number of anilines is 1. The molecule has 0 saturated carbocycles. The molecule has 118 valence electrons. The lowest BCUT2D eigenvalue weighted by molar-refractivity contribution is 0.285. The quantitative estimate of drug-likeness (QED) is 0.817. The number of hydrogen-bond acceptors (Lipinski definition) is 3. The largest absolute Gasteiger partial charge is 0.370 e. The molecule has 2 aromatic carbocycles. The highest BCUT2D eigenvalue weighted by Crippen LogP contribution is 2.21. The molecule has 2 aromatic rings. The van der Waals surface area contributed by atoms with E-state index in [2.05, 4.69) is 68.2 Å². The second-order valence-electron chi connectivity index (χ2n) is 5.87. The van der Waals surface area contributed by atoms with Crippen molar-refractivity contribution < 1.29 is 0 Å². The SMILES string of the molecule is N#Cc1ccc(N2CCCN(Cc3ccccc3Br)CC2)cc1. The predicted molar refractivity (Wildman–Crippen MR) is 97.4 cm³/mol. The molecule has 0 radical (unpaired) electrons. The van der Waals surface area contributed by atoms with Crippen LogP contribution in [0.15, 0.2) is 53.0 Å². The Morgan fingerprint density at radius 3 is 2.48 bits per heavy atom. The van der Waals surface area contributed by atoms with Crippen LogP contribution in [0.1, 0.15) is 17.5 Å². The van der Waals surface area contributed by atoms with Gasteiger partial charge in [0.15, 0.2) is 0 Å². The summed E-state index contributed by atoms with van der Waals surface area (Å²) in [5, 5.41) is 8.91. The third-order valence-corrected chi connectivity index (χ3v) is 5.08. The molecule has 0 aliphatic carbocycles. The first-order chi connectivity index (χ1) is 11.3. The van der Waals surface area contributed by atoms with Gasteiger partial charge in [-0.25, -0.2) is 0 Å². The Hall–Kier alpha value is -1.83. The molecule has 1 fully saturated rings. The fourth-order valence-corrected chi connectivity index (χ4v) is 3.41. The van der Waals surface area contributed by atoms with Crippen LogP contribution in [0.2, 0.25) is 0 Å². The summed E-state index contributed by atoms with van der Waals surface area (Å²) in [7, 11) is 0. The van der Waals surface area contributed by atoms with E-state index in [1.807, 2.05) is 12.1 Å². The minimum Gasteiger partial charge on any atom is -0.370 e. The average molecular weight is 370 g/mol. The molecule has 1 heterocycles. The zero-order valence-corrected chi connectivity index (χ0v) is 14.7. The van der Waals surface area contributed by atoms with E-state index in [9.17, 15) is 0 Å². The lowest BCUT2D eigenvalue weighted by atomic mass is 10.2. The maximum absolute atomic E-state index is 8.91. The van der Waals surface area contributed by atoms with Gasteiger partial charge < -0.3 is 4.90 Å². The van der Waals surface area contributed by atoms with Crippen molar-refractivity contribution in [3.05, 3.63) is 64.1 Å². The third kappa shape index (κ3) is 4.13. The number of nitrogens with zero attached hydrogens (tertiary/aromatic N) is 3. The third-order valence-electron chi connectivity index (χ3n) is 4.30. The molecule has 3 rings (SSSR count). The van der Waals surface area contributed by atoms with Gasteiger partial charge in [-0.05, 0) is 42.3 Å². The Kier molecular flexibility index (Phi) is 5.32. The van der Waals surface area contributed by atoms with Crippen molar-refractivity contribution in [1.29, 1.82) is 5.26 Å². The number of rotatable bonds is 3. The van der Waals surface area contributed by atoms with Gasteiger partial charge in [0.2, 0.25) is 0 Å². The van der Waals surface area contributed by atoms with Crippen molar-refractivity contribution in [2.75, 3.05) is 31.1 Å². The molecule has 3 nitrogen and oxygen atoms in total. The van der Waals surface area contributed by atoms with Crippen molar-refractivity contribution >= 4 is 21.6 Å². The fourth-order valence-electron chi connectivity index (χ4n) is 3.00. The summed E-state index contributed by atoms with van der Waals surface area (Å²) in [5.74, 6) is 0. The summed E-state index contributed by atoms with van der Waals surface area (Å²) in [4.78, 5) is 4.94. The molecule has 23 heavy (non-hydrogen) atoms. The maximum atomic E-state index is 8.91. The van der Waals surface area contributed by atoms with Crippen molar-refractivity contribution in [3.8, 4) is 6.07 Å². The van der Waals surface area contributed by atoms with Crippen LogP contribution in [0, 0.1) is 11.3 Å². The normalized spacial score (nSPS) is 15.9. The molecule has 1 aliphatic heterocycles. The van der Waals surface area contributed by atoms with Gasteiger partial charge in [0.25, 0.3) is 0 Å². The molecular formula is C19H20BrN3. The van der Waals surface area contributed by atoms with Gasteiger partial charge in [-0.3, -0.25) is 4.90 Å². The first kappa shape index (κ1) is 16.0. The number of benzene rings is 2. The first-order valence-electron chi connectivity index (χ1n) is 7.97. The summed E-state index contributed by atoms with van der Waals surface area (Å²) in [6.07, 6.45) is 1.16. The molecule has 0 amide bonds. The van der Waals surface area contributed by atoms with Crippen LogP contribution >= 0.6 is 15.9 Å². The van der Waals surface area contributed by atoms with Gasteiger partial charge >= 0.3 is 0 Å². The van der Waals surface area contributed by atoms with E-state index in [4.69, 9.17) is 5.26 Å². The molecule has 0 unspecified atom stereocenters. The van der Waals surface area contributed by atoms with Crippen LogP contribution in [0.25, 0.3) is 0 Å². The number of halogens is 1. The van der Waals surface area contributed by atoms with Gasteiger partial charge in [0, 0.05) is 42.9 Å². The van der Waals surface area contributed by atoms with Crippen LogP contribution in [0.3, 0.4) is 0 Å². The summed E-state index contributed by atoms with van der Waals surface area (Å²) in [5.41, 5.74) is 3.28. The van der Waals surface area contributed by atoms with E-state index in [0.717, 1.165) is 44.7 Å². The molecular weight excluding hydrogens is 350 g/mol. The Bertz CT molecular complexity index is 691. The van der Waals surface area contributed by atoms with Crippen LogP contribution in [0.4, 0.5) is 5.69 Å². The van der Waals surface area contributed by atoms with Crippen molar-refractivity contribution in [3.63, 3.8) is 0 Å².